The highest BCUT2D eigenvalue weighted by Gasteiger charge is 2.11. The topological polar surface area (TPSA) is 86.0 Å². The molecule has 0 spiro atoms. The van der Waals surface area contributed by atoms with Crippen molar-refractivity contribution >= 4 is 40.2 Å². The number of benzene rings is 3. The Morgan fingerprint density at radius 3 is 2.52 bits per heavy atom. The van der Waals surface area contributed by atoms with Crippen molar-refractivity contribution in [1.29, 1.82) is 0 Å². The standard InChI is InChI=1S/C21H18IN3O4/c1-28-20-12-16(13-23-24-17-7-9-18(10-8-17)25(26)27)11-19(22)21(20)29-14-15-5-3-2-4-6-15/h2-13,24H,14H2,1H3/b23-13+. The first-order valence-corrected chi connectivity index (χ1v) is 9.72. The van der Waals surface area contributed by atoms with E-state index in [9.17, 15) is 10.1 Å². The monoisotopic (exact) mass is 503 g/mol. The Morgan fingerprint density at radius 1 is 1.14 bits per heavy atom. The third-order valence-corrected chi connectivity index (χ3v) is 4.76. The lowest BCUT2D eigenvalue weighted by molar-refractivity contribution is -0.384. The lowest BCUT2D eigenvalue weighted by Crippen LogP contribution is -2.01. The first-order valence-electron chi connectivity index (χ1n) is 8.64. The smallest absolute Gasteiger partial charge is 0.269 e. The average Bonchev–Trinajstić information content (AvgIpc) is 2.73. The quantitative estimate of drug-likeness (QED) is 0.197. The van der Waals surface area contributed by atoms with E-state index in [1.54, 1.807) is 25.5 Å². The first kappa shape index (κ1) is 20.6. The highest BCUT2D eigenvalue weighted by molar-refractivity contribution is 14.1. The van der Waals surface area contributed by atoms with Gasteiger partial charge in [0.25, 0.3) is 5.69 Å². The van der Waals surface area contributed by atoms with E-state index in [1.807, 2.05) is 42.5 Å². The summed E-state index contributed by atoms with van der Waals surface area (Å²) in [4.78, 5) is 10.2. The van der Waals surface area contributed by atoms with Crippen LogP contribution in [0.4, 0.5) is 11.4 Å². The molecule has 3 aromatic carbocycles. The summed E-state index contributed by atoms with van der Waals surface area (Å²) in [5.41, 5.74) is 5.43. The molecule has 29 heavy (non-hydrogen) atoms. The van der Waals surface area contributed by atoms with Crippen LogP contribution in [0.1, 0.15) is 11.1 Å². The normalized spacial score (nSPS) is 10.7. The number of nitro groups is 1. The summed E-state index contributed by atoms with van der Waals surface area (Å²) < 4.78 is 12.3. The van der Waals surface area contributed by atoms with Gasteiger partial charge in [-0.15, -0.1) is 0 Å². The van der Waals surface area contributed by atoms with E-state index >= 15 is 0 Å². The van der Waals surface area contributed by atoms with Gasteiger partial charge < -0.3 is 9.47 Å². The van der Waals surface area contributed by atoms with E-state index in [0.717, 1.165) is 14.7 Å². The van der Waals surface area contributed by atoms with Crippen LogP contribution in [0.5, 0.6) is 11.5 Å². The number of nitrogens with zero attached hydrogens (tertiary/aromatic N) is 2. The van der Waals surface area contributed by atoms with Crippen LogP contribution in [0.15, 0.2) is 71.8 Å². The molecule has 1 N–H and O–H groups in total. The summed E-state index contributed by atoms with van der Waals surface area (Å²) in [6, 6.07) is 19.7. The minimum absolute atomic E-state index is 0.0323. The molecule has 0 heterocycles. The molecule has 0 aliphatic heterocycles. The van der Waals surface area contributed by atoms with Crippen LogP contribution in [0.2, 0.25) is 0 Å². The lowest BCUT2D eigenvalue weighted by atomic mass is 10.2. The number of anilines is 1. The number of non-ortho nitro benzene ring substituents is 1. The molecule has 3 aromatic rings. The maximum absolute atomic E-state index is 10.7. The van der Waals surface area contributed by atoms with Gasteiger partial charge in [0.15, 0.2) is 11.5 Å². The van der Waals surface area contributed by atoms with E-state index < -0.39 is 4.92 Å². The molecule has 7 nitrogen and oxygen atoms in total. The molecule has 3 rings (SSSR count). The second-order valence-electron chi connectivity index (χ2n) is 5.98. The third kappa shape index (κ3) is 5.67. The Bertz CT molecular complexity index is 1010. The number of halogens is 1. The molecule has 0 aliphatic carbocycles. The second kappa shape index (κ2) is 9.87. The fourth-order valence-electron chi connectivity index (χ4n) is 2.52. The number of hydrazone groups is 1. The van der Waals surface area contributed by atoms with E-state index in [-0.39, 0.29) is 5.69 Å². The summed E-state index contributed by atoms with van der Waals surface area (Å²) in [6.45, 7) is 0.447. The maximum Gasteiger partial charge on any atom is 0.269 e. The molecule has 0 aliphatic rings. The summed E-state index contributed by atoms with van der Waals surface area (Å²) in [6.07, 6.45) is 1.65. The average molecular weight is 503 g/mol. The highest BCUT2D eigenvalue weighted by Crippen LogP contribution is 2.34. The SMILES string of the molecule is COc1cc(/C=N/Nc2ccc([N+](=O)[O-])cc2)cc(I)c1OCc1ccccc1. The Kier molecular flexibility index (Phi) is 7.01. The van der Waals surface area contributed by atoms with Crippen LogP contribution in [0.3, 0.4) is 0 Å². The van der Waals surface area contributed by atoms with Crippen LogP contribution in [0.25, 0.3) is 0 Å². The van der Waals surface area contributed by atoms with Crippen molar-refractivity contribution in [3.8, 4) is 11.5 Å². The largest absolute Gasteiger partial charge is 0.493 e. The van der Waals surface area contributed by atoms with Gasteiger partial charge in [0.1, 0.15) is 6.61 Å². The maximum atomic E-state index is 10.7. The van der Waals surface area contributed by atoms with Gasteiger partial charge in [-0.2, -0.15) is 5.10 Å². The molecular weight excluding hydrogens is 485 g/mol. The molecule has 0 fully saturated rings. The number of methoxy groups -OCH3 is 1. The first-order chi connectivity index (χ1) is 14.1. The third-order valence-electron chi connectivity index (χ3n) is 3.96. The minimum Gasteiger partial charge on any atom is -0.493 e. The summed E-state index contributed by atoms with van der Waals surface area (Å²) in [5, 5.41) is 14.9. The van der Waals surface area contributed by atoms with E-state index in [4.69, 9.17) is 9.47 Å². The molecule has 0 saturated heterocycles. The van der Waals surface area contributed by atoms with Crippen LogP contribution in [-0.2, 0) is 6.61 Å². The molecule has 0 amide bonds. The van der Waals surface area contributed by atoms with Crippen LogP contribution in [-0.4, -0.2) is 18.2 Å². The number of rotatable bonds is 8. The molecule has 148 valence electrons. The van der Waals surface area contributed by atoms with Crippen LogP contribution >= 0.6 is 22.6 Å². The fraction of sp³-hybridized carbons (Fsp3) is 0.0952. The molecular formula is C21H18IN3O4. The molecule has 0 bridgehead atoms. The van der Waals surface area contributed by atoms with Crippen molar-refractivity contribution in [3.63, 3.8) is 0 Å². The zero-order chi connectivity index (χ0) is 20.6. The van der Waals surface area contributed by atoms with Gasteiger partial charge >= 0.3 is 0 Å². The predicted molar refractivity (Wildman–Crippen MR) is 121 cm³/mol. The molecule has 0 atom stereocenters. The van der Waals surface area contributed by atoms with Gasteiger partial charge in [0.2, 0.25) is 0 Å². The molecule has 0 unspecified atom stereocenters. The Labute approximate surface area is 181 Å². The zero-order valence-corrected chi connectivity index (χ0v) is 17.7. The zero-order valence-electron chi connectivity index (χ0n) is 15.5. The number of nitro benzene ring substituents is 1. The van der Waals surface area contributed by atoms with Gasteiger partial charge in [0.05, 0.1) is 27.5 Å². The van der Waals surface area contributed by atoms with Crippen LogP contribution in [0, 0.1) is 13.7 Å². The van der Waals surface area contributed by atoms with Gasteiger partial charge in [-0.25, -0.2) is 0 Å². The molecule has 0 radical (unpaired) electrons. The highest BCUT2D eigenvalue weighted by atomic mass is 127. The lowest BCUT2D eigenvalue weighted by Gasteiger charge is -2.13. The Balaban J connectivity index is 1.69. The molecule has 0 aromatic heterocycles. The second-order valence-corrected chi connectivity index (χ2v) is 7.14. The van der Waals surface area contributed by atoms with Crippen molar-refractivity contribution in [2.45, 2.75) is 6.61 Å². The van der Waals surface area contributed by atoms with Gasteiger partial charge in [-0.05, 0) is 58.0 Å². The van der Waals surface area contributed by atoms with Crippen LogP contribution < -0.4 is 14.9 Å². The Morgan fingerprint density at radius 2 is 1.86 bits per heavy atom. The minimum atomic E-state index is -0.442. The number of ether oxygens (including phenoxy) is 2. The van der Waals surface area contributed by atoms with Crippen molar-refractivity contribution in [2.24, 2.45) is 5.10 Å². The van der Waals surface area contributed by atoms with Gasteiger partial charge in [-0.1, -0.05) is 30.3 Å². The fourth-order valence-corrected chi connectivity index (χ4v) is 3.30. The van der Waals surface area contributed by atoms with Crippen molar-refractivity contribution in [2.75, 3.05) is 12.5 Å². The summed E-state index contributed by atoms with van der Waals surface area (Å²) >= 11 is 2.20. The van der Waals surface area contributed by atoms with Crippen molar-refractivity contribution in [1.82, 2.24) is 0 Å². The van der Waals surface area contributed by atoms with E-state index in [2.05, 4.69) is 33.1 Å². The molecule has 8 heteroatoms. The van der Waals surface area contributed by atoms with Crippen molar-refractivity contribution in [3.05, 3.63) is 91.5 Å². The van der Waals surface area contributed by atoms with Crippen molar-refractivity contribution < 1.29 is 14.4 Å². The van der Waals surface area contributed by atoms with Gasteiger partial charge in [-0.3, -0.25) is 15.5 Å². The summed E-state index contributed by atoms with van der Waals surface area (Å²) in [5.74, 6) is 1.29. The molecule has 0 saturated carbocycles. The Hall–Kier alpha value is -3.14. The number of hydrogen-bond acceptors (Lipinski definition) is 6. The van der Waals surface area contributed by atoms with E-state index in [0.29, 0.717) is 23.8 Å². The summed E-state index contributed by atoms with van der Waals surface area (Å²) in [7, 11) is 1.59. The van der Waals surface area contributed by atoms with E-state index in [1.165, 1.54) is 12.1 Å². The van der Waals surface area contributed by atoms with Gasteiger partial charge in [0, 0.05) is 12.1 Å². The number of nitrogens with one attached hydrogen (secondary N) is 1. The number of hydrogen-bond donors (Lipinski definition) is 1. The predicted octanol–water partition coefficient (Wildman–Crippen LogP) is 5.23.